The van der Waals surface area contributed by atoms with Gasteiger partial charge in [0.1, 0.15) is 18.5 Å². The van der Waals surface area contributed by atoms with Crippen molar-refractivity contribution in [2.24, 2.45) is 0 Å². The van der Waals surface area contributed by atoms with Gasteiger partial charge in [0.25, 0.3) is 5.09 Å². The molecule has 142 valence electrons. The lowest BCUT2D eigenvalue weighted by Gasteiger charge is -2.25. The highest BCUT2D eigenvalue weighted by Gasteiger charge is 2.30. The SMILES string of the molecule is O=[N+]([O-])OC(C(OCCOc1ccc(Cl)cc1)c1cccs1)n1ccnc1. The topological polar surface area (TPSA) is 88.7 Å². The molecule has 2 heterocycles. The molecule has 3 aromatic rings. The maximum Gasteiger partial charge on any atom is 0.296 e. The number of aromatic nitrogens is 2. The molecule has 0 amide bonds. The highest BCUT2D eigenvalue weighted by molar-refractivity contribution is 7.10. The second-order valence-corrected chi connectivity index (χ2v) is 6.75. The standard InChI is InChI=1S/C17H16ClN3O5S/c18-13-3-5-14(6-4-13)24-9-10-25-16(15-2-1-11-27-15)17(26-21(22)23)20-8-7-19-12-20/h1-8,11-12,16-17H,9-10H2. The molecule has 0 bridgehead atoms. The summed E-state index contributed by atoms with van der Waals surface area (Å²) in [6.07, 6.45) is 2.85. The zero-order chi connectivity index (χ0) is 19.1. The minimum Gasteiger partial charge on any atom is -0.491 e. The van der Waals surface area contributed by atoms with Gasteiger partial charge >= 0.3 is 0 Å². The van der Waals surface area contributed by atoms with E-state index in [1.54, 1.807) is 30.5 Å². The molecule has 0 fully saturated rings. The number of imidazole rings is 1. The summed E-state index contributed by atoms with van der Waals surface area (Å²) in [5.74, 6) is 0.656. The number of benzene rings is 1. The Bertz CT molecular complexity index is 827. The molecule has 0 aliphatic heterocycles. The van der Waals surface area contributed by atoms with E-state index in [0.717, 1.165) is 4.88 Å². The molecule has 0 spiro atoms. The second-order valence-electron chi connectivity index (χ2n) is 5.34. The van der Waals surface area contributed by atoms with E-state index in [2.05, 4.69) is 4.98 Å². The summed E-state index contributed by atoms with van der Waals surface area (Å²) >= 11 is 7.26. The Kier molecular flexibility index (Phi) is 6.64. The maximum atomic E-state index is 11.0. The van der Waals surface area contributed by atoms with Crippen molar-refractivity contribution in [2.45, 2.75) is 12.3 Å². The lowest BCUT2D eigenvalue weighted by atomic mass is 10.2. The first-order chi connectivity index (χ1) is 13.1. The van der Waals surface area contributed by atoms with E-state index >= 15 is 0 Å². The van der Waals surface area contributed by atoms with Crippen molar-refractivity contribution in [3.8, 4) is 5.75 Å². The second kappa shape index (κ2) is 9.36. The van der Waals surface area contributed by atoms with Crippen molar-refractivity contribution in [1.82, 2.24) is 9.55 Å². The third-order valence-corrected chi connectivity index (χ3v) is 4.74. The molecular weight excluding hydrogens is 394 g/mol. The van der Waals surface area contributed by atoms with E-state index < -0.39 is 17.4 Å². The Hall–Kier alpha value is -2.62. The highest BCUT2D eigenvalue weighted by atomic mass is 35.5. The molecule has 27 heavy (non-hydrogen) atoms. The molecule has 0 saturated carbocycles. The quantitative estimate of drug-likeness (QED) is 0.284. The summed E-state index contributed by atoms with van der Waals surface area (Å²) in [6, 6.07) is 10.6. The fourth-order valence-corrected chi connectivity index (χ4v) is 3.31. The third-order valence-electron chi connectivity index (χ3n) is 3.56. The number of thiophene rings is 1. The van der Waals surface area contributed by atoms with Gasteiger partial charge in [-0.25, -0.2) is 4.98 Å². The fraction of sp³-hybridized carbons (Fsp3) is 0.235. The van der Waals surface area contributed by atoms with Crippen LogP contribution in [0.2, 0.25) is 5.02 Å². The van der Waals surface area contributed by atoms with Crippen molar-refractivity contribution in [2.75, 3.05) is 13.2 Å². The number of rotatable bonds is 10. The highest BCUT2D eigenvalue weighted by Crippen LogP contribution is 2.34. The van der Waals surface area contributed by atoms with Crippen LogP contribution in [0.25, 0.3) is 0 Å². The van der Waals surface area contributed by atoms with Crippen LogP contribution in [0.5, 0.6) is 5.75 Å². The van der Waals surface area contributed by atoms with Crippen molar-refractivity contribution >= 4 is 22.9 Å². The molecular formula is C17H16ClN3O5S. The van der Waals surface area contributed by atoms with Crippen LogP contribution in [0.3, 0.4) is 0 Å². The van der Waals surface area contributed by atoms with Crippen LogP contribution in [-0.2, 0) is 9.57 Å². The van der Waals surface area contributed by atoms with Crippen molar-refractivity contribution in [3.05, 3.63) is 80.5 Å². The van der Waals surface area contributed by atoms with Gasteiger partial charge in [0, 0.05) is 22.3 Å². The first-order valence-electron chi connectivity index (χ1n) is 7.95. The molecule has 0 aliphatic carbocycles. The van der Waals surface area contributed by atoms with E-state index in [4.69, 9.17) is 25.9 Å². The molecule has 2 aromatic heterocycles. The lowest BCUT2D eigenvalue weighted by Crippen LogP contribution is -2.25. The summed E-state index contributed by atoms with van der Waals surface area (Å²) in [5, 5.41) is 12.6. The molecule has 0 aliphatic rings. The average Bonchev–Trinajstić information content (AvgIpc) is 3.35. The Morgan fingerprint density at radius 1 is 1.26 bits per heavy atom. The molecule has 0 radical (unpaired) electrons. The Morgan fingerprint density at radius 3 is 2.70 bits per heavy atom. The monoisotopic (exact) mass is 409 g/mol. The molecule has 3 rings (SSSR count). The van der Waals surface area contributed by atoms with Gasteiger partial charge in [-0.05, 0) is 35.7 Å². The number of halogens is 1. The van der Waals surface area contributed by atoms with Gasteiger partial charge in [-0.1, -0.05) is 17.7 Å². The number of hydrogen-bond acceptors (Lipinski definition) is 7. The van der Waals surface area contributed by atoms with Crippen LogP contribution >= 0.6 is 22.9 Å². The molecule has 0 saturated heterocycles. The zero-order valence-electron chi connectivity index (χ0n) is 14.0. The van der Waals surface area contributed by atoms with Crippen LogP contribution < -0.4 is 4.74 Å². The van der Waals surface area contributed by atoms with E-state index in [9.17, 15) is 10.1 Å². The summed E-state index contributed by atoms with van der Waals surface area (Å²) in [7, 11) is 0. The minimum absolute atomic E-state index is 0.206. The number of ether oxygens (including phenoxy) is 2. The predicted molar refractivity (Wildman–Crippen MR) is 99.3 cm³/mol. The van der Waals surface area contributed by atoms with Crippen molar-refractivity contribution in [3.63, 3.8) is 0 Å². The Balaban J connectivity index is 1.67. The smallest absolute Gasteiger partial charge is 0.296 e. The largest absolute Gasteiger partial charge is 0.491 e. The van der Waals surface area contributed by atoms with Gasteiger partial charge in [0.05, 0.1) is 12.9 Å². The first-order valence-corrected chi connectivity index (χ1v) is 9.21. The van der Waals surface area contributed by atoms with E-state index in [1.165, 1.54) is 28.4 Å². The summed E-state index contributed by atoms with van der Waals surface area (Å²) in [4.78, 5) is 20.6. The molecule has 0 N–H and O–H groups in total. The zero-order valence-corrected chi connectivity index (χ0v) is 15.6. The minimum atomic E-state index is -1.00. The summed E-state index contributed by atoms with van der Waals surface area (Å²) < 4.78 is 13.0. The lowest BCUT2D eigenvalue weighted by molar-refractivity contribution is -0.778. The molecule has 8 nitrogen and oxygen atoms in total. The predicted octanol–water partition coefficient (Wildman–Crippen LogP) is 4.14. The Labute approximate surface area is 164 Å². The van der Waals surface area contributed by atoms with Crippen LogP contribution in [0.1, 0.15) is 17.2 Å². The van der Waals surface area contributed by atoms with Gasteiger partial charge in [-0.2, -0.15) is 0 Å². The van der Waals surface area contributed by atoms with Gasteiger partial charge in [-0.3, -0.25) is 4.84 Å². The van der Waals surface area contributed by atoms with E-state index in [0.29, 0.717) is 10.8 Å². The first kappa shape index (κ1) is 19.2. The van der Waals surface area contributed by atoms with Gasteiger partial charge < -0.3 is 14.0 Å². The normalized spacial score (nSPS) is 13.1. The summed E-state index contributed by atoms with van der Waals surface area (Å²) in [5.41, 5.74) is 0. The number of hydrogen-bond donors (Lipinski definition) is 0. The molecule has 1 aromatic carbocycles. The third kappa shape index (κ3) is 5.43. The van der Waals surface area contributed by atoms with E-state index in [-0.39, 0.29) is 13.2 Å². The van der Waals surface area contributed by atoms with Crippen molar-refractivity contribution in [1.29, 1.82) is 0 Å². The van der Waals surface area contributed by atoms with Gasteiger partial charge in [0.15, 0.2) is 0 Å². The van der Waals surface area contributed by atoms with Crippen molar-refractivity contribution < 1.29 is 19.4 Å². The van der Waals surface area contributed by atoms with Crippen LogP contribution in [-0.4, -0.2) is 27.9 Å². The van der Waals surface area contributed by atoms with E-state index in [1.807, 2.05) is 17.5 Å². The maximum absolute atomic E-state index is 11.0. The molecule has 2 unspecified atom stereocenters. The number of nitrogens with zero attached hydrogens (tertiary/aromatic N) is 3. The summed E-state index contributed by atoms with van der Waals surface area (Å²) in [6.45, 7) is 0.468. The van der Waals surface area contributed by atoms with Gasteiger partial charge in [0.2, 0.25) is 6.23 Å². The average molecular weight is 410 g/mol. The van der Waals surface area contributed by atoms with Crippen LogP contribution in [0.4, 0.5) is 0 Å². The fourth-order valence-electron chi connectivity index (χ4n) is 2.40. The molecule has 10 heteroatoms. The van der Waals surface area contributed by atoms with Crippen LogP contribution in [0, 0.1) is 10.1 Å². The van der Waals surface area contributed by atoms with Gasteiger partial charge in [-0.15, -0.1) is 21.5 Å². The molecule has 2 atom stereocenters. The Morgan fingerprint density at radius 2 is 2.07 bits per heavy atom. The van der Waals surface area contributed by atoms with Crippen LogP contribution in [0.15, 0.2) is 60.5 Å².